The van der Waals surface area contributed by atoms with Crippen molar-refractivity contribution in [2.24, 2.45) is 0 Å². The monoisotopic (exact) mass is 432 g/mol. The molecule has 4 aromatic carbocycles. The van der Waals surface area contributed by atoms with Gasteiger partial charge in [-0.3, -0.25) is 0 Å². The number of fused-ring (bicyclic) bond motifs is 3. The third-order valence-corrected chi connectivity index (χ3v) is 5.83. The molecule has 2 heterocycles. The average Bonchev–Trinajstić information content (AvgIpc) is 3.22. The van der Waals surface area contributed by atoms with Gasteiger partial charge < -0.3 is 4.42 Å². The summed E-state index contributed by atoms with van der Waals surface area (Å²) in [4.78, 5) is 8.93. The van der Waals surface area contributed by atoms with Crippen LogP contribution in [0.1, 0.15) is 0 Å². The van der Waals surface area contributed by atoms with E-state index in [1.54, 1.807) is 0 Å². The Bertz CT molecular complexity index is 1570. The molecule has 2 aromatic heterocycles. The molecule has 0 bridgehead atoms. The van der Waals surface area contributed by atoms with E-state index in [-0.39, 0.29) is 5.28 Å². The summed E-state index contributed by atoms with van der Waals surface area (Å²) in [6.45, 7) is 0. The fourth-order valence-electron chi connectivity index (χ4n) is 4.06. The van der Waals surface area contributed by atoms with Gasteiger partial charge in [-0.1, -0.05) is 78.9 Å². The molecule has 6 aromatic rings. The lowest BCUT2D eigenvalue weighted by atomic mass is 10.0. The third-order valence-electron chi connectivity index (χ3n) is 5.66. The Morgan fingerprint density at radius 2 is 1.09 bits per heavy atom. The van der Waals surface area contributed by atoms with Gasteiger partial charge in [-0.15, -0.1) is 0 Å². The molecule has 0 aliphatic rings. The molecule has 0 aliphatic heterocycles. The molecule has 0 aliphatic carbocycles. The summed E-state index contributed by atoms with van der Waals surface area (Å²) < 4.78 is 6.04. The summed E-state index contributed by atoms with van der Waals surface area (Å²) in [5.74, 6) is 0. The van der Waals surface area contributed by atoms with Crippen LogP contribution in [0.4, 0.5) is 0 Å². The van der Waals surface area contributed by atoms with E-state index in [0.29, 0.717) is 0 Å². The standard InChI is InChI=1S/C28H17ClN2O/c29-28-30-24(20-12-10-19(11-13-20)18-6-2-1-3-7-18)17-25(31-28)21-14-15-23-22-8-4-5-9-26(22)32-27(23)16-21/h1-17H. The van der Waals surface area contributed by atoms with Crippen molar-refractivity contribution in [2.75, 3.05) is 0 Å². The largest absolute Gasteiger partial charge is 0.456 e. The van der Waals surface area contributed by atoms with Gasteiger partial charge in [0.25, 0.3) is 0 Å². The molecular formula is C28H17ClN2O. The van der Waals surface area contributed by atoms with Crippen LogP contribution < -0.4 is 0 Å². The van der Waals surface area contributed by atoms with Crippen LogP contribution in [0, 0.1) is 0 Å². The molecule has 0 unspecified atom stereocenters. The third kappa shape index (κ3) is 3.33. The second-order valence-electron chi connectivity index (χ2n) is 7.66. The Labute approximate surface area is 190 Å². The van der Waals surface area contributed by atoms with Gasteiger partial charge in [-0.05, 0) is 47.0 Å². The minimum absolute atomic E-state index is 0.217. The number of hydrogen-bond donors (Lipinski definition) is 0. The first-order valence-electron chi connectivity index (χ1n) is 10.4. The molecule has 4 heteroatoms. The van der Waals surface area contributed by atoms with Crippen LogP contribution in [0.15, 0.2) is 108 Å². The van der Waals surface area contributed by atoms with Gasteiger partial charge in [0.15, 0.2) is 0 Å². The van der Waals surface area contributed by atoms with Crippen LogP contribution in [-0.2, 0) is 0 Å². The Kier molecular flexibility index (Phi) is 4.48. The molecule has 0 fully saturated rings. The zero-order valence-corrected chi connectivity index (χ0v) is 17.8. The van der Waals surface area contributed by atoms with Crippen LogP contribution in [0.3, 0.4) is 0 Å². The van der Waals surface area contributed by atoms with E-state index in [4.69, 9.17) is 16.0 Å². The molecule has 0 saturated heterocycles. The highest BCUT2D eigenvalue weighted by Gasteiger charge is 2.11. The topological polar surface area (TPSA) is 38.9 Å². The summed E-state index contributed by atoms with van der Waals surface area (Å²) in [6, 6.07) is 34.8. The summed E-state index contributed by atoms with van der Waals surface area (Å²) in [6.07, 6.45) is 0. The van der Waals surface area contributed by atoms with Crippen molar-refractivity contribution in [3.05, 3.63) is 108 Å². The van der Waals surface area contributed by atoms with Crippen LogP contribution >= 0.6 is 11.6 Å². The molecule has 0 amide bonds. The lowest BCUT2D eigenvalue weighted by Gasteiger charge is -2.07. The first kappa shape index (κ1) is 18.8. The number of rotatable bonds is 3. The fourth-order valence-corrected chi connectivity index (χ4v) is 4.24. The van der Waals surface area contributed by atoms with E-state index < -0.39 is 0 Å². The molecule has 6 rings (SSSR count). The summed E-state index contributed by atoms with van der Waals surface area (Å²) in [7, 11) is 0. The minimum atomic E-state index is 0.217. The van der Waals surface area contributed by atoms with Crippen molar-refractivity contribution in [1.82, 2.24) is 9.97 Å². The number of para-hydroxylation sites is 1. The lowest BCUT2D eigenvalue weighted by molar-refractivity contribution is 0.669. The van der Waals surface area contributed by atoms with Gasteiger partial charge in [-0.2, -0.15) is 0 Å². The molecule has 0 radical (unpaired) electrons. The maximum absolute atomic E-state index is 6.31. The predicted molar refractivity (Wildman–Crippen MR) is 131 cm³/mol. The quantitative estimate of drug-likeness (QED) is 0.266. The summed E-state index contributed by atoms with van der Waals surface area (Å²) in [5, 5.41) is 2.41. The first-order chi connectivity index (χ1) is 15.7. The molecule has 0 saturated carbocycles. The second kappa shape index (κ2) is 7.63. The SMILES string of the molecule is Clc1nc(-c2ccc(-c3ccccc3)cc2)cc(-c2ccc3c(c2)oc2ccccc23)n1. The van der Waals surface area contributed by atoms with E-state index in [1.807, 2.05) is 54.6 Å². The highest BCUT2D eigenvalue weighted by atomic mass is 35.5. The molecule has 0 spiro atoms. The zero-order chi connectivity index (χ0) is 21.5. The first-order valence-corrected chi connectivity index (χ1v) is 10.7. The summed E-state index contributed by atoms with van der Waals surface area (Å²) in [5.41, 5.74) is 7.50. The lowest BCUT2D eigenvalue weighted by Crippen LogP contribution is -1.92. The van der Waals surface area contributed by atoms with Crippen molar-refractivity contribution in [1.29, 1.82) is 0 Å². The van der Waals surface area contributed by atoms with Gasteiger partial charge in [0, 0.05) is 21.9 Å². The van der Waals surface area contributed by atoms with E-state index in [0.717, 1.165) is 50.0 Å². The summed E-state index contributed by atoms with van der Waals surface area (Å²) >= 11 is 6.31. The fraction of sp³-hybridized carbons (Fsp3) is 0. The van der Waals surface area contributed by atoms with E-state index in [9.17, 15) is 0 Å². The number of hydrogen-bond acceptors (Lipinski definition) is 3. The molecular weight excluding hydrogens is 416 g/mol. The van der Waals surface area contributed by atoms with Crippen LogP contribution in [0.25, 0.3) is 55.6 Å². The highest BCUT2D eigenvalue weighted by molar-refractivity contribution is 6.28. The predicted octanol–water partition coefficient (Wildman–Crippen LogP) is 8.03. The number of nitrogens with zero attached hydrogens (tertiary/aromatic N) is 2. The Morgan fingerprint density at radius 3 is 1.91 bits per heavy atom. The number of halogens is 1. The number of furan rings is 1. The Balaban J connectivity index is 1.40. The molecule has 0 N–H and O–H groups in total. The smallest absolute Gasteiger partial charge is 0.223 e. The molecule has 3 nitrogen and oxygen atoms in total. The van der Waals surface area contributed by atoms with Gasteiger partial charge >= 0.3 is 0 Å². The Morgan fingerprint density at radius 1 is 0.500 bits per heavy atom. The molecule has 152 valence electrons. The average molecular weight is 433 g/mol. The minimum Gasteiger partial charge on any atom is -0.456 e. The van der Waals surface area contributed by atoms with Crippen LogP contribution in [0.5, 0.6) is 0 Å². The van der Waals surface area contributed by atoms with Gasteiger partial charge in [-0.25, -0.2) is 9.97 Å². The van der Waals surface area contributed by atoms with Gasteiger partial charge in [0.2, 0.25) is 5.28 Å². The normalized spacial score (nSPS) is 11.3. The van der Waals surface area contributed by atoms with E-state index >= 15 is 0 Å². The van der Waals surface area contributed by atoms with Crippen molar-refractivity contribution >= 4 is 33.5 Å². The van der Waals surface area contributed by atoms with Crippen molar-refractivity contribution in [3.8, 4) is 33.6 Å². The number of aromatic nitrogens is 2. The maximum Gasteiger partial charge on any atom is 0.223 e. The van der Waals surface area contributed by atoms with Crippen LogP contribution in [0.2, 0.25) is 5.28 Å². The van der Waals surface area contributed by atoms with Crippen molar-refractivity contribution in [2.45, 2.75) is 0 Å². The Hall–Kier alpha value is -3.95. The van der Waals surface area contributed by atoms with Gasteiger partial charge in [0.05, 0.1) is 11.4 Å². The molecule has 32 heavy (non-hydrogen) atoms. The zero-order valence-electron chi connectivity index (χ0n) is 17.0. The van der Waals surface area contributed by atoms with E-state index in [1.165, 1.54) is 5.56 Å². The van der Waals surface area contributed by atoms with Gasteiger partial charge in [0.1, 0.15) is 11.2 Å². The van der Waals surface area contributed by atoms with Crippen LogP contribution in [-0.4, -0.2) is 9.97 Å². The highest BCUT2D eigenvalue weighted by Crippen LogP contribution is 2.33. The van der Waals surface area contributed by atoms with E-state index in [2.05, 4.69) is 58.5 Å². The van der Waals surface area contributed by atoms with Crippen molar-refractivity contribution in [3.63, 3.8) is 0 Å². The van der Waals surface area contributed by atoms with Crippen molar-refractivity contribution < 1.29 is 4.42 Å². The molecule has 0 atom stereocenters. The maximum atomic E-state index is 6.31. The second-order valence-corrected chi connectivity index (χ2v) is 8.00. The number of benzene rings is 4.